The Morgan fingerprint density at radius 3 is 2.17 bits per heavy atom. The molecule has 0 fully saturated rings. The van der Waals surface area contributed by atoms with Crippen LogP contribution in [-0.4, -0.2) is 38.0 Å². The van der Waals surface area contributed by atoms with E-state index in [1.54, 1.807) is 0 Å². The van der Waals surface area contributed by atoms with Gasteiger partial charge in [-0.25, -0.2) is 0 Å². The zero-order valence-electron chi connectivity index (χ0n) is 14.7. The Kier molecular flexibility index (Phi) is 8.33. The molecule has 0 heterocycles. The van der Waals surface area contributed by atoms with E-state index in [4.69, 9.17) is 0 Å². The van der Waals surface area contributed by atoms with Gasteiger partial charge < -0.3 is 15.5 Å². The molecule has 1 unspecified atom stereocenters. The van der Waals surface area contributed by atoms with Crippen LogP contribution in [0.1, 0.15) is 44.4 Å². The first-order valence-electron chi connectivity index (χ1n) is 8.46. The van der Waals surface area contributed by atoms with E-state index >= 15 is 0 Å². The quantitative estimate of drug-likeness (QED) is 0.624. The number of carbonyl (C=O) groups is 2. The minimum Gasteiger partial charge on any atom is -0.351 e. The van der Waals surface area contributed by atoms with Crippen molar-refractivity contribution >= 4 is 11.8 Å². The SMILES string of the molecule is CCNC(=O)C[NH+](CC)CC(=O)N[C@@H](CC)c1ccc(C)cc1. The lowest BCUT2D eigenvalue weighted by molar-refractivity contribution is -0.881. The summed E-state index contributed by atoms with van der Waals surface area (Å²) in [6.07, 6.45) is 0.840. The van der Waals surface area contributed by atoms with Gasteiger partial charge in [-0.1, -0.05) is 36.8 Å². The maximum Gasteiger partial charge on any atom is 0.275 e. The molecule has 0 radical (unpaired) electrons. The van der Waals surface area contributed by atoms with Gasteiger partial charge in [0.25, 0.3) is 11.8 Å². The number of benzene rings is 1. The van der Waals surface area contributed by atoms with Crippen LogP contribution in [0.25, 0.3) is 0 Å². The highest BCUT2D eigenvalue weighted by Gasteiger charge is 2.19. The lowest BCUT2D eigenvalue weighted by Crippen LogP contribution is -3.14. The first-order chi connectivity index (χ1) is 11.0. The summed E-state index contributed by atoms with van der Waals surface area (Å²) >= 11 is 0. The van der Waals surface area contributed by atoms with Gasteiger partial charge >= 0.3 is 0 Å². The maximum absolute atomic E-state index is 12.3. The molecule has 0 saturated heterocycles. The summed E-state index contributed by atoms with van der Waals surface area (Å²) < 4.78 is 0. The zero-order valence-corrected chi connectivity index (χ0v) is 14.7. The van der Waals surface area contributed by atoms with Gasteiger partial charge in [0.2, 0.25) is 0 Å². The number of likely N-dealkylation sites (N-methyl/N-ethyl adjacent to an activating group) is 2. The van der Waals surface area contributed by atoms with Crippen LogP contribution in [0.3, 0.4) is 0 Å². The average Bonchev–Trinajstić information content (AvgIpc) is 2.53. The molecule has 0 bridgehead atoms. The van der Waals surface area contributed by atoms with E-state index in [1.807, 2.05) is 20.8 Å². The van der Waals surface area contributed by atoms with Crippen molar-refractivity contribution in [2.24, 2.45) is 0 Å². The number of rotatable bonds is 9. The molecule has 128 valence electrons. The fourth-order valence-electron chi connectivity index (χ4n) is 2.49. The van der Waals surface area contributed by atoms with Gasteiger partial charge in [-0.15, -0.1) is 0 Å². The van der Waals surface area contributed by atoms with Gasteiger partial charge in [0, 0.05) is 6.54 Å². The third-order valence-corrected chi connectivity index (χ3v) is 3.92. The van der Waals surface area contributed by atoms with Crippen molar-refractivity contribution in [1.29, 1.82) is 0 Å². The van der Waals surface area contributed by atoms with E-state index in [9.17, 15) is 9.59 Å². The summed E-state index contributed by atoms with van der Waals surface area (Å²) in [7, 11) is 0. The summed E-state index contributed by atoms with van der Waals surface area (Å²) in [6.45, 7) is 9.99. The molecule has 0 spiro atoms. The largest absolute Gasteiger partial charge is 0.351 e. The van der Waals surface area contributed by atoms with Gasteiger partial charge in [0.1, 0.15) is 0 Å². The molecule has 1 aromatic carbocycles. The second-order valence-electron chi connectivity index (χ2n) is 5.85. The monoisotopic (exact) mass is 320 g/mol. The summed E-state index contributed by atoms with van der Waals surface area (Å²) in [5, 5.41) is 5.86. The lowest BCUT2D eigenvalue weighted by atomic mass is 10.0. The lowest BCUT2D eigenvalue weighted by Gasteiger charge is -2.21. The fourth-order valence-corrected chi connectivity index (χ4v) is 2.49. The van der Waals surface area contributed by atoms with Crippen LogP contribution < -0.4 is 15.5 Å². The molecule has 2 atom stereocenters. The van der Waals surface area contributed by atoms with Gasteiger partial charge in [-0.3, -0.25) is 9.59 Å². The molecule has 3 N–H and O–H groups in total. The first-order valence-corrected chi connectivity index (χ1v) is 8.46. The molecule has 5 heteroatoms. The second kappa shape index (κ2) is 10.0. The summed E-state index contributed by atoms with van der Waals surface area (Å²) in [6, 6.07) is 8.25. The first kappa shape index (κ1) is 19.2. The molecule has 1 rings (SSSR count). The van der Waals surface area contributed by atoms with E-state index in [0.717, 1.165) is 23.4 Å². The number of nitrogens with one attached hydrogen (secondary N) is 3. The molecule has 0 aromatic heterocycles. The van der Waals surface area contributed by atoms with Crippen LogP contribution in [0.4, 0.5) is 0 Å². The molecule has 0 aliphatic rings. The third-order valence-electron chi connectivity index (χ3n) is 3.92. The van der Waals surface area contributed by atoms with Gasteiger partial charge in [-0.05, 0) is 32.8 Å². The van der Waals surface area contributed by atoms with Gasteiger partial charge in [0.15, 0.2) is 13.1 Å². The Labute approximate surface area is 139 Å². The van der Waals surface area contributed by atoms with E-state index in [0.29, 0.717) is 19.6 Å². The smallest absolute Gasteiger partial charge is 0.275 e. The number of amides is 2. The van der Waals surface area contributed by atoms with Crippen LogP contribution in [-0.2, 0) is 9.59 Å². The Morgan fingerprint density at radius 1 is 1.04 bits per heavy atom. The normalized spacial score (nSPS) is 13.2. The van der Waals surface area contributed by atoms with Crippen LogP contribution in [0.2, 0.25) is 0 Å². The van der Waals surface area contributed by atoms with Crippen LogP contribution in [0.15, 0.2) is 24.3 Å². The van der Waals surface area contributed by atoms with Crippen molar-refractivity contribution in [3.05, 3.63) is 35.4 Å². The second-order valence-corrected chi connectivity index (χ2v) is 5.85. The number of aryl methyl sites for hydroxylation is 1. The van der Waals surface area contributed by atoms with Crippen molar-refractivity contribution in [3.8, 4) is 0 Å². The van der Waals surface area contributed by atoms with Crippen molar-refractivity contribution in [3.63, 3.8) is 0 Å². The predicted molar refractivity (Wildman–Crippen MR) is 92.3 cm³/mol. The minimum atomic E-state index is -0.0152. The number of hydrogen-bond acceptors (Lipinski definition) is 2. The predicted octanol–water partition coefficient (Wildman–Crippen LogP) is 0.603. The minimum absolute atomic E-state index is 0.0114. The zero-order chi connectivity index (χ0) is 17.2. The molecule has 0 aliphatic carbocycles. The highest BCUT2D eigenvalue weighted by Crippen LogP contribution is 2.16. The van der Waals surface area contributed by atoms with Gasteiger partial charge in [-0.2, -0.15) is 0 Å². The molecular formula is C18H30N3O2+. The average molecular weight is 320 g/mol. The summed E-state index contributed by atoms with van der Waals surface area (Å²) in [5.74, 6) is -0.0266. The van der Waals surface area contributed by atoms with E-state index in [-0.39, 0.29) is 17.9 Å². The number of carbonyl (C=O) groups excluding carboxylic acids is 2. The van der Waals surface area contributed by atoms with E-state index in [1.165, 1.54) is 5.56 Å². The Bertz CT molecular complexity index is 499. The summed E-state index contributed by atoms with van der Waals surface area (Å²) in [5.41, 5.74) is 2.33. The van der Waals surface area contributed by atoms with Crippen molar-refractivity contribution in [1.82, 2.24) is 10.6 Å². The molecule has 0 saturated carbocycles. The maximum atomic E-state index is 12.3. The topological polar surface area (TPSA) is 62.6 Å². The molecule has 1 aromatic rings. The molecule has 23 heavy (non-hydrogen) atoms. The highest BCUT2D eigenvalue weighted by molar-refractivity contribution is 5.79. The van der Waals surface area contributed by atoms with Crippen LogP contribution in [0, 0.1) is 6.92 Å². The van der Waals surface area contributed by atoms with E-state index < -0.39 is 0 Å². The Balaban J connectivity index is 2.58. The van der Waals surface area contributed by atoms with Gasteiger partial charge in [0.05, 0.1) is 12.6 Å². The molecule has 5 nitrogen and oxygen atoms in total. The Morgan fingerprint density at radius 2 is 1.65 bits per heavy atom. The number of quaternary nitrogens is 1. The summed E-state index contributed by atoms with van der Waals surface area (Å²) in [4.78, 5) is 24.9. The van der Waals surface area contributed by atoms with Crippen molar-refractivity contribution in [2.75, 3.05) is 26.2 Å². The molecule has 2 amide bonds. The van der Waals surface area contributed by atoms with E-state index in [2.05, 4.69) is 41.8 Å². The van der Waals surface area contributed by atoms with Crippen LogP contribution in [0.5, 0.6) is 0 Å². The molecule has 0 aliphatic heterocycles. The van der Waals surface area contributed by atoms with Crippen molar-refractivity contribution in [2.45, 2.75) is 40.2 Å². The third kappa shape index (κ3) is 6.82. The van der Waals surface area contributed by atoms with Crippen molar-refractivity contribution < 1.29 is 14.5 Å². The Hall–Kier alpha value is -1.88. The fraction of sp³-hybridized carbons (Fsp3) is 0.556. The standard InChI is InChI=1S/C18H29N3O2/c1-5-16(15-10-8-14(4)9-11-15)20-18(23)13-21(7-3)12-17(22)19-6-2/h8-11,16H,5-7,12-13H2,1-4H3,(H,19,22)(H,20,23)/p+1/t16-/m0/s1. The number of hydrogen-bond donors (Lipinski definition) is 3. The molecular weight excluding hydrogens is 290 g/mol. The van der Waals surface area contributed by atoms with Crippen LogP contribution >= 0.6 is 0 Å². The highest BCUT2D eigenvalue weighted by atomic mass is 16.2.